The highest BCUT2D eigenvalue weighted by molar-refractivity contribution is 6.85. The molecule has 1 aliphatic rings. The minimum Gasteiger partial charge on any atom is -0.551 e. The lowest BCUT2D eigenvalue weighted by Gasteiger charge is -2.29. The van der Waals surface area contributed by atoms with Crippen molar-refractivity contribution in [3.63, 3.8) is 0 Å². The Balaban J connectivity index is 1.29. The van der Waals surface area contributed by atoms with Crippen LogP contribution in [0.4, 0.5) is 0 Å². The molecule has 0 atom stereocenters. The fourth-order valence-corrected chi connectivity index (χ4v) is 8.53. The van der Waals surface area contributed by atoms with Crippen LogP contribution in [0, 0.1) is 0 Å². The van der Waals surface area contributed by atoms with E-state index in [9.17, 15) is 0 Å². The van der Waals surface area contributed by atoms with Gasteiger partial charge in [0.2, 0.25) is 0 Å². The highest BCUT2D eigenvalue weighted by Crippen LogP contribution is 2.40. The zero-order valence-corrected chi connectivity index (χ0v) is 28.3. The fourth-order valence-electron chi connectivity index (χ4n) is 8.53. The monoisotopic (exact) mass is 662 g/mol. The third-order valence-corrected chi connectivity index (χ3v) is 10.8. The summed E-state index contributed by atoms with van der Waals surface area (Å²) >= 11 is 0. The molecule has 3 heterocycles. The molecule has 0 N–H and O–H groups in total. The Hall–Kier alpha value is -6.78. The Bertz CT molecular complexity index is 2930. The molecule has 0 radical (unpaired) electrons. The Morgan fingerprint density at radius 2 is 0.904 bits per heavy atom. The molecule has 10 aromatic rings. The van der Waals surface area contributed by atoms with Crippen LogP contribution in [0.3, 0.4) is 0 Å². The number of rotatable bonds is 5. The maximum atomic E-state index is 7.24. The van der Waals surface area contributed by atoms with Crippen LogP contribution in [0.5, 0.6) is 5.75 Å². The average Bonchev–Trinajstić information content (AvgIpc) is 3.73. The average molecular weight is 663 g/mol. The Kier molecular flexibility index (Phi) is 6.35. The zero-order chi connectivity index (χ0) is 34.2. The summed E-state index contributed by atoms with van der Waals surface area (Å²) in [5.74, 6) is 0.838. The van der Waals surface area contributed by atoms with Crippen LogP contribution >= 0.6 is 0 Å². The number of fused-ring (bicyclic) bond motifs is 8. The second-order valence-electron chi connectivity index (χ2n) is 13.7. The molecule has 0 bridgehead atoms. The van der Waals surface area contributed by atoms with E-state index < -0.39 is 0 Å². The molecule has 2 aromatic heterocycles. The molecule has 0 saturated carbocycles. The molecule has 8 aromatic carbocycles. The fraction of sp³-hybridized carbons (Fsp3) is 0. The standard InChI is InChI=1S/C48H31BN2O/c1-4-15-32(16-5-1)34-27-28-44-39(29-34)40-30-35(33-17-6-2-7-18-33)31-41-48(40)51(44)46-26-14-25-45(47(46)49(41)52-36-19-8-3-9-20-36)50-42-23-12-10-21-37(42)38-22-11-13-24-43(38)50/h1-31H. The molecule has 0 aliphatic carbocycles. The summed E-state index contributed by atoms with van der Waals surface area (Å²) in [6.07, 6.45) is 0. The predicted octanol–water partition coefficient (Wildman–Crippen LogP) is 10.7. The van der Waals surface area contributed by atoms with Gasteiger partial charge in [-0.1, -0.05) is 133 Å². The highest BCUT2D eigenvalue weighted by Gasteiger charge is 2.39. The minimum atomic E-state index is -0.384. The van der Waals surface area contributed by atoms with Crippen molar-refractivity contribution in [1.29, 1.82) is 0 Å². The number of hydrogen-bond acceptors (Lipinski definition) is 1. The lowest BCUT2D eigenvalue weighted by Crippen LogP contribution is -2.53. The molecule has 0 fully saturated rings. The van der Waals surface area contributed by atoms with Gasteiger partial charge < -0.3 is 13.8 Å². The summed E-state index contributed by atoms with van der Waals surface area (Å²) in [5, 5.41) is 4.92. The van der Waals surface area contributed by atoms with Gasteiger partial charge in [-0.2, -0.15) is 0 Å². The maximum absolute atomic E-state index is 7.24. The van der Waals surface area contributed by atoms with Crippen molar-refractivity contribution >= 4 is 61.5 Å². The molecule has 0 amide bonds. The van der Waals surface area contributed by atoms with E-state index in [0.717, 1.165) is 28.0 Å². The summed E-state index contributed by atoms with van der Waals surface area (Å²) in [6, 6.07) is 67.6. The molecule has 0 saturated heterocycles. The molecule has 3 nitrogen and oxygen atoms in total. The van der Waals surface area contributed by atoms with Gasteiger partial charge in [0.05, 0.1) is 27.8 Å². The van der Waals surface area contributed by atoms with Crippen LogP contribution < -0.4 is 15.6 Å². The molecular formula is C48H31BN2O. The van der Waals surface area contributed by atoms with E-state index in [1.807, 2.05) is 6.07 Å². The lowest BCUT2D eigenvalue weighted by atomic mass is 9.52. The molecule has 52 heavy (non-hydrogen) atoms. The number of nitrogens with zero attached hydrogens (tertiary/aromatic N) is 2. The quantitative estimate of drug-likeness (QED) is 0.168. The first-order valence-corrected chi connectivity index (χ1v) is 17.9. The summed E-state index contributed by atoms with van der Waals surface area (Å²) < 4.78 is 12.2. The van der Waals surface area contributed by atoms with Crippen molar-refractivity contribution in [3.8, 4) is 39.4 Å². The van der Waals surface area contributed by atoms with Gasteiger partial charge >= 0.3 is 6.92 Å². The highest BCUT2D eigenvalue weighted by atomic mass is 16.4. The van der Waals surface area contributed by atoms with Crippen molar-refractivity contribution in [2.24, 2.45) is 0 Å². The second kappa shape index (κ2) is 11.4. The van der Waals surface area contributed by atoms with E-state index in [1.165, 1.54) is 65.9 Å². The third-order valence-electron chi connectivity index (χ3n) is 10.8. The SMILES string of the molecule is c1ccc(OB2c3c(-n4c5ccccc5c5ccccc54)cccc3-n3c4ccc(-c5ccccc5)cc4c4cc(-c5ccccc5)cc2c43)cc1. The Morgan fingerprint density at radius 1 is 0.365 bits per heavy atom. The number of aromatic nitrogens is 2. The molecule has 242 valence electrons. The van der Waals surface area contributed by atoms with Crippen molar-refractivity contribution in [1.82, 2.24) is 9.13 Å². The van der Waals surface area contributed by atoms with Crippen LogP contribution in [0.15, 0.2) is 188 Å². The smallest absolute Gasteiger partial charge is 0.432 e. The van der Waals surface area contributed by atoms with Crippen LogP contribution in [-0.2, 0) is 0 Å². The predicted molar refractivity (Wildman–Crippen MR) is 218 cm³/mol. The van der Waals surface area contributed by atoms with Gasteiger partial charge in [-0.05, 0) is 82.3 Å². The second-order valence-corrected chi connectivity index (χ2v) is 13.7. The van der Waals surface area contributed by atoms with Crippen LogP contribution in [-0.4, -0.2) is 16.0 Å². The number of hydrogen-bond donors (Lipinski definition) is 0. The van der Waals surface area contributed by atoms with Gasteiger partial charge in [-0.3, -0.25) is 0 Å². The zero-order valence-electron chi connectivity index (χ0n) is 28.3. The van der Waals surface area contributed by atoms with Crippen molar-refractivity contribution in [2.45, 2.75) is 0 Å². The van der Waals surface area contributed by atoms with E-state index in [2.05, 4.69) is 191 Å². The van der Waals surface area contributed by atoms with Crippen molar-refractivity contribution in [2.75, 3.05) is 0 Å². The summed E-state index contributed by atoms with van der Waals surface area (Å²) in [4.78, 5) is 0. The lowest BCUT2D eigenvalue weighted by molar-refractivity contribution is 0.591. The van der Waals surface area contributed by atoms with E-state index >= 15 is 0 Å². The Morgan fingerprint density at radius 3 is 1.58 bits per heavy atom. The van der Waals surface area contributed by atoms with Gasteiger partial charge in [-0.25, -0.2) is 0 Å². The first-order chi connectivity index (χ1) is 25.8. The van der Waals surface area contributed by atoms with Gasteiger partial charge in [0.25, 0.3) is 0 Å². The maximum Gasteiger partial charge on any atom is 0.432 e. The topological polar surface area (TPSA) is 19.1 Å². The summed E-state index contributed by atoms with van der Waals surface area (Å²) in [6.45, 7) is -0.384. The van der Waals surface area contributed by atoms with Crippen LogP contribution in [0.2, 0.25) is 0 Å². The Labute approximate surface area is 301 Å². The minimum absolute atomic E-state index is 0.384. The van der Waals surface area contributed by atoms with Crippen LogP contribution in [0.25, 0.3) is 77.2 Å². The van der Waals surface area contributed by atoms with Gasteiger partial charge in [-0.15, -0.1) is 0 Å². The van der Waals surface area contributed by atoms with Crippen molar-refractivity contribution < 1.29 is 4.65 Å². The molecule has 1 aliphatic heterocycles. The molecule has 4 heteroatoms. The van der Waals surface area contributed by atoms with E-state index in [0.29, 0.717) is 0 Å². The van der Waals surface area contributed by atoms with Crippen LogP contribution in [0.1, 0.15) is 0 Å². The normalized spacial score (nSPS) is 12.2. The van der Waals surface area contributed by atoms with Gasteiger partial charge in [0.1, 0.15) is 0 Å². The van der Waals surface area contributed by atoms with E-state index in [4.69, 9.17) is 4.65 Å². The first kappa shape index (κ1) is 29.0. The molecule has 0 spiro atoms. The first-order valence-electron chi connectivity index (χ1n) is 17.9. The van der Waals surface area contributed by atoms with E-state index in [-0.39, 0.29) is 6.92 Å². The number of para-hydroxylation sites is 3. The summed E-state index contributed by atoms with van der Waals surface area (Å²) in [5.41, 5.74) is 14.0. The van der Waals surface area contributed by atoms with Gasteiger partial charge in [0, 0.05) is 38.4 Å². The number of benzene rings is 8. The third kappa shape index (κ3) is 4.28. The molecule has 0 unspecified atom stereocenters. The largest absolute Gasteiger partial charge is 0.551 e. The summed E-state index contributed by atoms with van der Waals surface area (Å²) in [7, 11) is 0. The van der Waals surface area contributed by atoms with Crippen molar-refractivity contribution in [3.05, 3.63) is 188 Å². The van der Waals surface area contributed by atoms with E-state index in [1.54, 1.807) is 0 Å². The van der Waals surface area contributed by atoms with Gasteiger partial charge in [0.15, 0.2) is 0 Å². The molecular weight excluding hydrogens is 631 g/mol. The molecule has 11 rings (SSSR count).